The second-order valence-electron chi connectivity index (χ2n) is 6.34. The second kappa shape index (κ2) is 7.86. The van der Waals surface area contributed by atoms with Crippen molar-refractivity contribution in [2.75, 3.05) is 40.4 Å². The quantitative estimate of drug-likeness (QED) is 0.828. The van der Waals surface area contributed by atoms with Crippen LogP contribution in [0, 0.1) is 11.2 Å². The van der Waals surface area contributed by atoms with E-state index in [4.69, 9.17) is 10.5 Å². The molecule has 5 nitrogen and oxygen atoms in total. The molecule has 0 saturated carbocycles. The van der Waals surface area contributed by atoms with Crippen LogP contribution in [-0.4, -0.2) is 51.2 Å². The first kappa shape index (κ1) is 17.8. The molecule has 1 saturated heterocycles. The Labute approximate surface area is 137 Å². The Bertz CT molecular complexity index is 513. The zero-order valence-electron chi connectivity index (χ0n) is 13.8. The number of nitrogens with zero attached hydrogens (tertiary/aromatic N) is 1. The molecule has 1 fully saturated rings. The van der Waals surface area contributed by atoms with Gasteiger partial charge >= 0.3 is 0 Å². The van der Waals surface area contributed by atoms with Gasteiger partial charge in [-0.3, -0.25) is 4.79 Å². The third kappa shape index (κ3) is 4.28. The van der Waals surface area contributed by atoms with E-state index in [0.717, 1.165) is 5.56 Å². The summed E-state index contributed by atoms with van der Waals surface area (Å²) in [6.45, 7) is 1.92. The minimum Gasteiger partial charge on any atom is -0.381 e. The summed E-state index contributed by atoms with van der Waals surface area (Å²) >= 11 is 0. The minimum absolute atomic E-state index is 0.0164. The third-order valence-electron chi connectivity index (χ3n) is 4.66. The first-order valence-electron chi connectivity index (χ1n) is 7.96. The maximum absolute atomic E-state index is 13.1. The lowest BCUT2D eigenvalue weighted by molar-refractivity contribution is -0.136. The van der Waals surface area contributed by atoms with Gasteiger partial charge in [0.2, 0.25) is 5.91 Å². The lowest BCUT2D eigenvalue weighted by Gasteiger charge is -2.35. The van der Waals surface area contributed by atoms with E-state index >= 15 is 0 Å². The van der Waals surface area contributed by atoms with E-state index < -0.39 is 5.41 Å². The van der Waals surface area contributed by atoms with Crippen LogP contribution in [0.2, 0.25) is 0 Å². The summed E-state index contributed by atoms with van der Waals surface area (Å²) in [4.78, 5) is 14.6. The molecule has 1 aromatic carbocycles. The number of nitrogens with two attached hydrogens (primary N) is 1. The highest BCUT2D eigenvalue weighted by Crippen LogP contribution is 2.29. The van der Waals surface area contributed by atoms with Gasteiger partial charge in [-0.05, 0) is 44.6 Å². The molecule has 0 bridgehead atoms. The van der Waals surface area contributed by atoms with Crippen LogP contribution in [0.4, 0.5) is 4.39 Å². The van der Waals surface area contributed by atoms with Crippen LogP contribution in [0.5, 0.6) is 0 Å². The molecule has 0 spiro atoms. The Hall–Kier alpha value is -1.50. The van der Waals surface area contributed by atoms with Gasteiger partial charge in [0.1, 0.15) is 5.82 Å². The number of carbonyl (C=O) groups excluding carboxylic acids is 1. The normalized spacial score (nSPS) is 18.7. The molecule has 0 radical (unpaired) electrons. The molecule has 6 heteroatoms. The average molecular weight is 323 g/mol. The van der Waals surface area contributed by atoms with Gasteiger partial charge in [0, 0.05) is 26.3 Å². The maximum Gasteiger partial charge on any atom is 0.227 e. The topological polar surface area (TPSA) is 67.6 Å². The smallest absolute Gasteiger partial charge is 0.227 e. The molecule has 0 aliphatic carbocycles. The molecule has 1 amide bonds. The molecule has 0 aromatic heterocycles. The largest absolute Gasteiger partial charge is 0.381 e. The number of likely N-dealkylation sites (N-methyl/N-ethyl adjacent to an activating group) is 1. The van der Waals surface area contributed by atoms with Crippen LogP contribution in [0.3, 0.4) is 0 Å². The van der Waals surface area contributed by atoms with Gasteiger partial charge in [0.15, 0.2) is 0 Å². The second-order valence-corrected chi connectivity index (χ2v) is 6.34. The van der Waals surface area contributed by atoms with E-state index in [9.17, 15) is 9.18 Å². The minimum atomic E-state index is -0.530. The van der Waals surface area contributed by atoms with Gasteiger partial charge in [-0.25, -0.2) is 4.39 Å². The van der Waals surface area contributed by atoms with Gasteiger partial charge in [0.25, 0.3) is 0 Å². The van der Waals surface area contributed by atoms with Crippen LogP contribution >= 0.6 is 0 Å². The predicted octanol–water partition coefficient (Wildman–Crippen LogP) is 1.30. The van der Waals surface area contributed by atoms with Crippen molar-refractivity contribution >= 4 is 5.91 Å². The van der Waals surface area contributed by atoms with Crippen molar-refractivity contribution in [3.8, 4) is 0 Å². The number of carbonyl (C=O) groups is 1. The summed E-state index contributed by atoms with van der Waals surface area (Å²) in [6, 6.07) is 6.36. The van der Waals surface area contributed by atoms with Crippen molar-refractivity contribution < 1.29 is 13.9 Å². The molecular formula is C17H26FN3O2. The highest BCUT2D eigenvalue weighted by atomic mass is 19.1. The van der Waals surface area contributed by atoms with E-state index in [1.54, 1.807) is 12.1 Å². The maximum atomic E-state index is 13.1. The molecule has 1 aromatic rings. The number of ether oxygens (including phenoxy) is 1. The Kier molecular flexibility index (Phi) is 6.10. The van der Waals surface area contributed by atoms with E-state index in [-0.39, 0.29) is 17.8 Å². The SMILES string of the molecule is CN(C)C(CNC(=O)C1(CN)CCOCC1)c1ccc(F)cc1. The average Bonchev–Trinajstić information content (AvgIpc) is 2.56. The molecule has 1 aliphatic rings. The summed E-state index contributed by atoms with van der Waals surface area (Å²) in [6.07, 6.45) is 1.30. The number of hydrogen-bond acceptors (Lipinski definition) is 4. The lowest BCUT2D eigenvalue weighted by Crippen LogP contribution is -2.50. The van der Waals surface area contributed by atoms with Gasteiger partial charge < -0.3 is 20.7 Å². The Morgan fingerprint density at radius 2 is 1.96 bits per heavy atom. The zero-order chi connectivity index (χ0) is 16.9. The summed E-state index contributed by atoms with van der Waals surface area (Å²) in [5.74, 6) is -0.281. The van der Waals surface area contributed by atoms with Crippen LogP contribution in [-0.2, 0) is 9.53 Å². The van der Waals surface area contributed by atoms with Crippen molar-refractivity contribution in [2.45, 2.75) is 18.9 Å². The number of nitrogens with one attached hydrogen (secondary N) is 1. The van der Waals surface area contributed by atoms with E-state index in [0.29, 0.717) is 39.1 Å². The fraction of sp³-hybridized carbons (Fsp3) is 0.588. The Balaban J connectivity index is 2.03. The molecule has 1 unspecified atom stereocenters. The van der Waals surface area contributed by atoms with E-state index in [1.165, 1.54) is 12.1 Å². The molecule has 2 rings (SSSR count). The van der Waals surface area contributed by atoms with Gasteiger partial charge in [-0.1, -0.05) is 12.1 Å². The zero-order valence-corrected chi connectivity index (χ0v) is 13.8. The van der Waals surface area contributed by atoms with Gasteiger partial charge in [-0.15, -0.1) is 0 Å². The summed E-state index contributed by atoms with van der Waals surface area (Å²) in [7, 11) is 3.88. The van der Waals surface area contributed by atoms with Crippen molar-refractivity contribution in [1.82, 2.24) is 10.2 Å². The highest BCUT2D eigenvalue weighted by Gasteiger charge is 2.38. The predicted molar refractivity (Wildman–Crippen MR) is 87.4 cm³/mol. The molecule has 3 N–H and O–H groups in total. The van der Waals surface area contributed by atoms with Crippen LogP contribution < -0.4 is 11.1 Å². The van der Waals surface area contributed by atoms with Crippen LogP contribution in [0.15, 0.2) is 24.3 Å². The number of rotatable bonds is 6. The fourth-order valence-corrected chi connectivity index (χ4v) is 2.95. The van der Waals surface area contributed by atoms with Crippen LogP contribution in [0.25, 0.3) is 0 Å². The summed E-state index contributed by atoms with van der Waals surface area (Å²) < 4.78 is 18.4. The first-order chi connectivity index (χ1) is 11.0. The van der Waals surface area contributed by atoms with Crippen LogP contribution in [0.1, 0.15) is 24.4 Å². The Morgan fingerprint density at radius 3 is 2.48 bits per heavy atom. The van der Waals surface area contributed by atoms with Crippen molar-refractivity contribution in [3.63, 3.8) is 0 Å². The monoisotopic (exact) mass is 323 g/mol. The van der Waals surface area contributed by atoms with Crippen molar-refractivity contribution in [1.29, 1.82) is 0 Å². The molecular weight excluding hydrogens is 297 g/mol. The Morgan fingerprint density at radius 1 is 1.35 bits per heavy atom. The number of hydrogen-bond donors (Lipinski definition) is 2. The summed E-state index contributed by atoms with van der Waals surface area (Å²) in [5, 5.41) is 3.03. The first-order valence-corrected chi connectivity index (χ1v) is 7.96. The lowest BCUT2D eigenvalue weighted by atomic mass is 9.79. The number of halogens is 1. The third-order valence-corrected chi connectivity index (χ3v) is 4.66. The molecule has 1 heterocycles. The molecule has 1 aliphatic heterocycles. The molecule has 23 heavy (non-hydrogen) atoms. The number of benzene rings is 1. The molecule has 128 valence electrons. The standard InChI is InChI=1S/C17H26FN3O2/c1-21(2)15(13-3-5-14(18)6-4-13)11-20-16(22)17(12-19)7-9-23-10-8-17/h3-6,15H,7-12,19H2,1-2H3,(H,20,22). The highest BCUT2D eigenvalue weighted by molar-refractivity contribution is 5.83. The fourth-order valence-electron chi connectivity index (χ4n) is 2.95. The van der Waals surface area contributed by atoms with Gasteiger partial charge in [-0.2, -0.15) is 0 Å². The van der Waals surface area contributed by atoms with E-state index in [1.807, 2.05) is 19.0 Å². The van der Waals surface area contributed by atoms with Crippen molar-refractivity contribution in [3.05, 3.63) is 35.6 Å². The molecule has 1 atom stereocenters. The van der Waals surface area contributed by atoms with E-state index in [2.05, 4.69) is 5.32 Å². The van der Waals surface area contributed by atoms with Gasteiger partial charge in [0.05, 0.1) is 11.5 Å². The summed E-state index contributed by atoms with van der Waals surface area (Å²) in [5.41, 5.74) is 6.30. The number of amides is 1. The van der Waals surface area contributed by atoms with Crippen molar-refractivity contribution in [2.24, 2.45) is 11.1 Å².